The fourth-order valence-corrected chi connectivity index (χ4v) is 3.77. The largest absolute Gasteiger partial charge is 0.494 e. The van der Waals surface area contributed by atoms with Crippen LogP contribution in [0.15, 0.2) is 42.5 Å². The SMILES string of the molecule is CCOc1ccc(Cc2cc([C@@H]3OC(CO)C(O)C(C)C3O)ccc2Cl)cc1. The van der Waals surface area contributed by atoms with Crippen LogP contribution in [0, 0.1) is 5.92 Å². The van der Waals surface area contributed by atoms with Crippen LogP contribution in [0.4, 0.5) is 0 Å². The van der Waals surface area contributed by atoms with Gasteiger partial charge < -0.3 is 24.8 Å². The van der Waals surface area contributed by atoms with Crippen molar-refractivity contribution in [3.8, 4) is 5.75 Å². The van der Waals surface area contributed by atoms with Crippen molar-refractivity contribution in [1.82, 2.24) is 0 Å². The number of ether oxygens (including phenoxy) is 2. The Hall–Kier alpha value is -1.63. The van der Waals surface area contributed by atoms with Gasteiger partial charge in [-0.05, 0) is 48.2 Å². The van der Waals surface area contributed by atoms with Crippen molar-refractivity contribution in [3.05, 3.63) is 64.2 Å². The third-order valence-corrected chi connectivity index (χ3v) is 5.67. The molecule has 4 unspecified atom stereocenters. The zero-order valence-corrected chi connectivity index (χ0v) is 16.8. The highest BCUT2D eigenvalue weighted by Crippen LogP contribution is 2.37. The minimum absolute atomic E-state index is 0.304. The van der Waals surface area contributed by atoms with E-state index in [1.165, 1.54) is 0 Å². The van der Waals surface area contributed by atoms with Crippen LogP contribution in [0.1, 0.15) is 36.6 Å². The van der Waals surface area contributed by atoms with Crippen molar-refractivity contribution in [2.75, 3.05) is 13.2 Å². The Bertz CT molecular complexity index is 777. The first-order valence-corrected chi connectivity index (χ1v) is 9.94. The maximum absolute atomic E-state index is 10.6. The molecule has 1 heterocycles. The summed E-state index contributed by atoms with van der Waals surface area (Å²) in [5.41, 5.74) is 2.78. The first-order chi connectivity index (χ1) is 13.4. The summed E-state index contributed by atoms with van der Waals surface area (Å²) in [5.74, 6) is 0.411. The minimum Gasteiger partial charge on any atom is -0.494 e. The Morgan fingerprint density at radius 2 is 1.79 bits per heavy atom. The zero-order chi connectivity index (χ0) is 20.3. The van der Waals surface area contributed by atoms with E-state index in [-0.39, 0.29) is 6.61 Å². The second kappa shape index (κ2) is 9.25. The maximum atomic E-state index is 10.6. The molecule has 6 heteroatoms. The first-order valence-electron chi connectivity index (χ1n) is 9.57. The van der Waals surface area contributed by atoms with E-state index in [1.54, 1.807) is 13.0 Å². The molecule has 5 atom stereocenters. The molecule has 0 aromatic heterocycles. The number of rotatable bonds is 6. The predicted molar refractivity (Wildman–Crippen MR) is 108 cm³/mol. The third kappa shape index (κ3) is 4.50. The fraction of sp³-hybridized carbons (Fsp3) is 0.455. The Labute approximate surface area is 170 Å². The normalized spacial score (nSPS) is 27.6. The molecule has 0 aliphatic carbocycles. The lowest BCUT2D eigenvalue weighted by atomic mass is 9.84. The van der Waals surface area contributed by atoms with Crippen molar-refractivity contribution in [2.45, 2.75) is 44.7 Å². The van der Waals surface area contributed by atoms with Gasteiger partial charge >= 0.3 is 0 Å². The first kappa shape index (κ1) is 21.1. The molecule has 1 saturated heterocycles. The maximum Gasteiger partial charge on any atom is 0.119 e. The van der Waals surface area contributed by atoms with Gasteiger partial charge in [0.1, 0.15) is 18.0 Å². The van der Waals surface area contributed by atoms with Crippen molar-refractivity contribution in [3.63, 3.8) is 0 Å². The smallest absolute Gasteiger partial charge is 0.119 e. The zero-order valence-electron chi connectivity index (χ0n) is 16.1. The van der Waals surface area contributed by atoms with Gasteiger partial charge in [0, 0.05) is 10.9 Å². The molecular formula is C22H27ClO5. The molecule has 5 nitrogen and oxygen atoms in total. The quantitative estimate of drug-likeness (QED) is 0.687. The summed E-state index contributed by atoms with van der Waals surface area (Å²) in [4.78, 5) is 0. The molecule has 152 valence electrons. The molecule has 3 N–H and O–H groups in total. The molecule has 0 bridgehead atoms. The second-order valence-electron chi connectivity index (χ2n) is 7.22. The average Bonchev–Trinajstić information content (AvgIpc) is 2.70. The van der Waals surface area contributed by atoms with Crippen LogP contribution in [-0.4, -0.2) is 46.8 Å². The van der Waals surface area contributed by atoms with Gasteiger partial charge in [-0.25, -0.2) is 0 Å². The second-order valence-corrected chi connectivity index (χ2v) is 7.63. The van der Waals surface area contributed by atoms with Gasteiger partial charge in [0.05, 0.1) is 25.4 Å². The minimum atomic E-state index is -0.910. The Morgan fingerprint density at radius 3 is 2.43 bits per heavy atom. The molecule has 0 saturated carbocycles. The van der Waals surface area contributed by atoms with Gasteiger partial charge in [0.2, 0.25) is 0 Å². The van der Waals surface area contributed by atoms with Crippen LogP contribution >= 0.6 is 11.6 Å². The van der Waals surface area contributed by atoms with Crippen LogP contribution in [-0.2, 0) is 11.2 Å². The molecular weight excluding hydrogens is 380 g/mol. The molecule has 2 aromatic rings. The van der Waals surface area contributed by atoms with Gasteiger partial charge in [-0.15, -0.1) is 0 Å². The summed E-state index contributed by atoms with van der Waals surface area (Å²) < 4.78 is 11.3. The highest BCUT2D eigenvalue weighted by atomic mass is 35.5. The number of benzene rings is 2. The van der Waals surface area contributed by atoms with E-state index in [0.717, 1.165) is 22.4 Å². The van der Waals surface area contributed by atoms with Crippen molar-refractivity contribution < 1.29 is 24.8 Å². The highest BCUT2D eigenvalue weighted by Gasteiger charge is 2.42. The topological polar surface area (TPSA) is 79.2 Å². The lowest BCUT2D eigenvalue weighted by Gasteiger charge is -2.41. The van der Waals surface area contributed by atoms with Crippen LogP contribution < -0.4 is 4.74 Å². The Kier molecular flexibility index (Phi) is 6.96. The predicted octanol–water partition coefficient (Wildman–Crippen LogP) is 3.12. The summed E-state index contributed by atoms with van der Waals surface area (Å²) in [6.45, 7) is 4.02. The van der Waals surface area contributed by atoms with E-state index >= 15 is 0 Å². The van der Waals surface area contributed by atoms with Gasteiger partial charge in [-0.3, -0.25) is 0 Å². The van der Waals surface area contributed by atoms with E-state index in [0.29, 0.717) is 18.1 Å². The summed E-state index contributed by atoms with van der Waals surface area (Å²) in [6, 6.07) is 13.4. The Morgan fingerprint density at radius 1 is 1.07 bits per heavy atom. The molecule has 0 spiro atoms. The molecule has 1 fully saturated rings. The summed E-state index contributed by atoms with van der Waals surface area (Å²) in [6.07, 6.45) is -2.52. The monoisotopic (exact) mass is 406 g/mol. The molecule has 1 aliphatic rings. The molecule has 2 aromatic carbocycles. The average molecular weight is 407 g/mol. The van der Waals surface area contributed by atoms with E-state index in [1.807, 2.05) is 43.3 Å². The number of hydrogen-bond acceptors (Lipinski definition) is 5. The standard InChI is InChI=1S/C22H27ClO5/c1-3-27-17-7-4-14(5-8-17)10-16-11-15(6-9-18(16)23)22-21(26)13(2)20(25)19(12-24)28-22/h4-9,11,13,19-22,24-26H,3,10,12H2,1-2H3/t13?,19?,20?,21?,22-/m0/s1. The number of aliphatic hydroxyl groups excluding tert-OH is 3. The third-order valence-electron chi connectivity index (χ3n) is 5.30. The van der Waals surface area contributed by atoms with Crippen molar-refractivity contribution >= 4 is 11.6 Å². The van der Waals surface area contributed by atoms with Crippen LogP contribution in [0.3, 0.4) is 0 Å². The fourth-order valence-electron chi connectivity index (χ4n) is 3.59. The van der Waals surface area contributed by atoms with Crippen molar-refractivity contribution in [2.24, 2.45) is 5.92 Å². The van der Waals surface area contributed by atoms with Crippen LogP contribution in [0.2, 0.25) is 5.02 Å². The van der Waals surface area contributed by atoms with Gasteiger partial charge in [0.25, 0.3) is 0 Å². The van der Waals surface area contributed by atoms with Crippen LogP contribution in [0.5, 0.6) is 5.75 Å². The van der Waals surface area contributed by atoms with Gasteiger partial charge in [-0.1, -0.05) is 42.8 Å². The summed E-state index contributed by atoms with van der Waals surface area (Å²) >= 11 is 6.40. The molecule has 3 rings (SSSR count). The Balaban J connectivity index is 1.82. The van der Waals surface area contributed by atoms with E-state index in [4.69, 9.17) is 21.1 Å². The number of halogens is 1. The lowest BCUT2D eigenvalue weighted by Crippen LogP contribution is -2.50. The van der Waals surface area contributed by atoms with E-state index in [2.05, 4.69) is 0 Å². The van der Waals surface area contributed by atoms with Gasteiger partial charge in [0.15, 0.2) is 0 Å². The molecule has 0 radical (unpaired) electrons. The lowest BCUT2D eigenvalue weighted by molar-refractivity contribution is -0.207. The molecule has 0 amide bonds. The highest BCUT2D eigenvalue weighted by molar-refractivity contribution is 6.31. The number of hydrogen-bond donors (Lipinski definition) is 3. The van der Waals surface area contributed by atoms with Gasteiger partial charge in [-0.2, -0.15) is 0 Å². The van der Waals surface area contributed by atoms with Crippen molar-refractivity contribution in [1.29, 1.82) is 0 Å². The van der Waals surface area contributed by atoms with Crippen LogP contribution in [0.25, 0.3) is 0 Å². The molecule has 28 heavy (non-hydrogen) atoms. The summed E-state index contributed by atoms with van der Waals surface area (Å²) in [7, 11) is 0. The van der Waals surface area contributed by atoms with E-state index < -0.39 is 30.3 Å². The van der Waals surface area contributed by atoms with E-state index in [9.17, 15) is 15.3 Å². The number of aliphatic hydroxyl groups is 3. The summed E-state index contributed by atoms with van der Waals surface area (Å²) in [5, 5.41) is 30.9. The molecule has 1 aliphatic heterocycles.